The Morgan fingerprint density at radius 2 is 1.53 bits per heavy atom. The molecule has 0 aromatic heterocycles. The number of fused-ring (bicyclic) bond motifs is 1. The van der Waals surface area contributed by atoms with E-state index >= 15 is 0 Å². The molecule has 4 saturated heterocycles. The third-order valence-electron chi connectivity index (χ3n) is 13.2. The van der Waals surface area contributed by atoms with E-state index in [9.17, 15) is 29.2 Å². The van der Waals surface area contributed by atoms with Gasteiger partial charge in [-0.2, -0.15) is 5.26 Å². The van der Waals surface area contributed by atoms with Crippen molar-refractivity contribution in [3.05, 3.63) is 87.9 Å². The van der Waals surface area contributed by atoms with E-state index in [4.69, 9.17) is 16.3 Å². The minimum Gasteiger partial charge on any atom is -0.489 e. The summed E-state index contributed by atoms with van der Waals surface area (Å²) in [6.45, 7) is 14.0. The van der Waals surface area contributed by atoms with Crippen molar-refractivity contribution in [1.29, 1.82) is 5.26 Å². The lowest BCUT2D eigenvalue weighted by atomic mass is 9.49. The van der Waals surface area contributed by atoms with Gasteiger partial charge in [-0.25, -0.2) is 0 Å². The molecule has 2 N–H and O–H groups in total. The fourth-order valence-electron chi connectivity index (χ4n) is 10.4. The fourth-order valence-corrected chi connectivity index (χ4v) is 10.6. The first kappa shape index (κ1) is 37.1. The molecule has 57 heavy (non-hydrogen) atoms. The number of halogens is 1. The normalized spacial score (nSPS) is 25.8. The van der Waals surface area contributed by atoms with Gasteiger partial charge in [0.25, 0.3) is 17.7 Å². The molecule has 9 rings (SSSR count). The monoisotopic (exact) mass is 789 g/mol. The quantitative estimate of drug-likeness (QED) is 0.317. The first-order valence-electron chi connectivity index (χ1n) is 19.5. The standard InChI is InChI=1S/C43H44ClN7O6/c1-41(2)39(42(3,4)40(41)57-29-11-7-25(17-45)32(44)16-29)47-35(53)24-5-8-26(9-6-24)49-20-43(21-49)22-50(23-43)28-18-48(19-28)27-10-12-30-31(15-27)38(56)51(37(30)55)33-13-14-34(52)46-36(33)54/h5-12,15-16,28,33,39-40H,13-14,18-23H2,1-4H3,(H,47,53)(H,46,52,54). The van der Waals surface area contributed by atoms with Crippen LogP contribution in [0.4, 0.5) is 11.4 Å². The van der Waals surface area contributed by atoms with Crippen LogP contribution in [-0.4, -0.2) is 103 Å². The van der Waals surface area contributed by atoms with E-state index in [1.807, 2.05) is 30.3 Å². The van der Waals surface area contributed by atoms with Crippen molar-refractivity contribution in [1.82, 2.24) is 20.4 Å². The first-order valence-corrected chi connectivity index (χ1v) is 19.8. The number of nitriles is 1. The lowest BCUT2D eigenvalue weighted by Crippen LogP contribution is -2.77. The van der Waals surface area contributed by atoms with E-state index in [0.717, 1.165) is 55.5 Å². The molecule has 1 saturated carbocycles. The average molecular weight is 790 g/mol. The van der Waals surface area contributed by atoms with E-state index in [0.29, 0.717) is 33.5 Å². The van der Waals surface area contributed by atoms with Crippen LogP contribution >= 0.6 is 11.6 Å². The van der Waals surface area contributed by atoms with Gasteiger partial charge in [0.05, 0.1) is 21.7 Å². The molecule has 5 fully saturated rings. The zero-order valence-electron chi connectivity index (χ0n) is 32.3. The van der Waals surface area contributed by atoms with Crippen LogP contribution in [0, 0.1) is 27.6 Å². The van der Waals surface area contributed by atoms with Gasteiger partial charge in [-0.3, -0.25) is 39.1 Å². The summed E-state index contributed by atoms with van der Waals surface area (Å²) in [5.74, 6) is -1.52. The second-order valence-electron chi connectivity index (χ2n) is 17.8. The van der Waals surface area contributed by atoms with E-state index in [-0.39, 0.29) is 52.7 Å². The number of carbonyl (C=O) groups excluding carboxylic acids is 5. The summed E-state index contributed by atoms with van der Waals surface area (Å²) in [7, 11) is 0. The molecular formula is C43H44ClN7O6. The second kappa shape index (κ2) is 13.0. The van der Waals surface area contributed by atoms with E-state index in [1.165, 1.54) is 0 Å². The molecular weight excluding hydrogens is 746 g/mol. The van der Waals surface area contributed by atoms with Crippen LogP contribution in [0.3, 0.4) is 0 Å². The molecule has 5 amide bonds. The Kier molecular flexibility index (Phi) is 8.50. The SMILES string of the molecule is CC1(C)C(NC(=O)c2ccc(N3CC4(C3)CN(C3CN(c5ccc6c(c5)C(=O)N(C5CCC(=O)NC5=O)C6=O)C3)C4)cc2)C(C)(C)C1Oc1ccc(C#N)c(Cl)c1. The number of nitrogens with one attached hydrogen (secondary N) is 2. The Morgan fingerprint density at radius 3 is 2.18 bits per heavy atom. The van der Waals surface area contributed by atoms with Crippen molar-refractivity contribution in [3.8, 4) is 11.8 Å². The summed E-state index contributed by atoms with van der Waals surface area (Å²) in [6, 6.07) is 19.6. The predicted molar refractivity (Wildman–Crippen MR) is 211 cm³/mol. The number of nitrogens with zero attached hydrogens (tertiary/aromatic N) is 5. The maximum absolute atomic E-state index is 13.5. The van der Waals surface area contributed by atoms with Gasteiger partial charge in [0, 0.05) is 97.0 Å². The number of piperidine rings is 1. The summed E-state index contributed by atoms with van der Waals surface area (Å²) in [5.41, 5.74) is 3.13. The lowest BCUT2D eigenvalue weighted by molar-refractivity contribution is -0.164. The first-order chi connectivity index (χ1) is 27.1. The summed E-state index contributed by atoms with van der Waals surface area (Å²) < 4.78 is 6.37. The number of hydrogen-bond acceptors (Lipinski definition) is 10. The van der Waals surface area contributed by atoms with Gasteiger partial charge < -0.3 is 19.9 Å². The number of rotatable bonds is 8. The van der Waals surface area contributed by atoms with Crippen LogP contribution < -0.4 is 25.2 Å². The average Bonchev–Trinajstić information content (AvgIpc) is 3.37. The minimum atomic E-state index is -0.975. The Hall–Kier alpha value is -5.45. The number of amides is 5. The van der Waals surface area contributed by atoms with Crippen LogP contribution in [0.25, 0.3) is 0 Å². The van der Waals surface area contributed by atoms with Crippen molar-refractivity contribution < 1.29 is 28.7 Å². The molecule has 1 atom stereocenters. The highest BCUT2D eigenvalue weighted by atomic mass is 35.5. The van der Waals surface area contributed by atoms with Gasteiger partial charge in [0.1, 0.15) is 24.0 Å². The number of imide groups is 2. The maximum atomic E-state index is 13.5. The molecule has 14 heteroatoms. The number of hydrogen-bond donors (Lipinski definition) is 2. The number of likely N-dealkylation sites (tertiary alicyclic amines) is 1. The number of benzene rings is 3. The van der Waals surface area contributed by atoms with Gasteiger partial charge in [0.15, 0.2) is 0 Å². The van der Waals surface area contributed by atoms with Crippen LogP contribution in [0.1, 0.15) is 77.2 Å². The minimum absolute atomic E-state index is 0.0889. The zero-order valence-corrected chi connectivity index (χ0v) is 33.1. The van der Waals surface area contributed by atoms with E-state index < -0.39 is 29.7 Å². The zero-order chi connectivity index (χ0) is 40.2. The summed E-state index contributed by atoms with van der Waals surface area (Å²) in [6.07, 6.45) is 0.0390. The molecule has 6 aliphatic rings. The predicted octanol–water partition coefficient (Wildman–Crippen LogP) is 4.24. The molecule has 1 spiro atoms. The van der Waals surface area contributed by atoms with E-state index in [2.05, 4.69) is 59.1 Å². The highest BCUT2D eigenvalue weighted by Crippen LogP contribution is 2.56. The number of ether oxygens (including phenoxy) is 1. The van der Waals surface area contributed by atoms with Crippen LogP contribution in [0.2, 0.25) is 5.02 Å². The topological polar surface area (TPSA) is 155 Å². The van der Waals surface area contributed by atoms with Gasteiger partial charge in [0.2, 0.25) is 11.8 Å². The molecule has 5 heterocycles. The Bertz CT molecular complexity index is 2270. The molecule has 0 bridgehead atoms. The highest BCUT2D eigenvalue weighted by molar-refractivity contribution is 6.31. The second-order valence-corrected chi connectivity index (χ2v) is 18.3. The third-order valence-corrected chi connectivity index (χ3v) is 13.5. The van der Waals surface area contributed by atoms with Gasteiger partial charge >= 0.3 is 0 Å². The molecule has 13 nitrogen and oxygen atoms in total. The molecule has 294 valence electrons. The molecule has 5 aliphatic heterocycles. The van der Waals surface area contributed by atoms with Crippen LogP contribution in [0.15, 0.2) is 60.7 Å². The Balaban J connectivity index is 0.740. The Labute approximate surface area is 335 Å². The molecule has 3 aromatic carbocycles. The Morgan fingerprint density at radius 1 is 0.860 bits per heavy atom. The summed E-state index contributed by atoms with van der Waals surface area (Å²) >= 11 is 6.24. The van der Waals surface area contributed by atoms with Gasteiger partial charge in [-0.1, -0.05) is 39.3 Å². The number of carbonyl (C=O) groups is 5. The smallest absolute Gasteiger partial charge is 0.262 e. The summed E-state index contributed by atoms with van der Waals surface area (Å²) in [4.78, 5) is 71.9. The van der Waals surface area contributed by atoms with Gasteiger partial charge in [-0.15, -0.1) is 0 Å². The van der Waals surface area contributed by atoms with Crippen LogP contribution in [0.5, 0.6) is 5.75 Å². The molecule has 0 radical (unpaired) electrons. The van der Waals surface area contributed by atoms with Crippen molar-refractivity contribution in [2.45, 2.75) is 64.8 Å². The largest absolute Gasteiger partial charge is 0.489 e. The van der Waals surface area contributed by atoms with Crippen LogP contribution in [-0.2, 0) is 9.59 Å². The highest BCUT2D eigenvalue weighted by Gasteiger charge is 2.64. The third kappa shape index (κ3) is 5.95. The van der Waals surface area contributed by atoms with Crippen molar-refractivity contribution in [2.75, 3.05) is 49.1 Å². The number of anilines is 2. The lowest BCUT2D eigenvalue weighted by Gasteiger charge is -2.64. The van der Waals surface area contributed by atoms with E-state index in [1.54, 1.807) is 30.3 Å². The van der Waals surface area contributed by atoms with Gasteiger partial charge in [-0.05, 0) is 61.0 Å². The maximum Gasteiger partial charge on any atom is 0.262 e. The fraction of sp³-hybridized carbons (Fsp3) is 0.442. The van der Waals surface area contributed by atoms with Crippen molar-refractivity contribution in [3.63, 3.8) is 0 Å². The summed E-state index contributed by atoms with van der Waals surface area (Å²) in [5, 5.41) is 15.1. The molecule has 3 aromatic rings. The van der Waals surface area contributed by atoms with Crippen molar-refractivity contribution in [2.24, 2.45) is 16.2 Å². The molecule has 1 unspecified atom stereocenters. The molecule has 1 aliphatic carbocycles. The van der Waals surface area contributed by atoms with Crippen molar-refractivity contribution >= 4 is 52.5 Å².